The lowest BCUT2D eigenvalue weighted by atomic mass is 9.89. The molecule has 11 heteroatoms. The van der Waals surface area contributed by atoms with Gasteiger partial charge in [-0.2, -0.15) is 0 Å². The van der Waals surface area contributed by atoms with E-state index in [-0.39, 0.29) is 27.4 Å². The number of carbonyl (C=O) groups excluding carboxylic acids is 1. The van der Waals surface area contributed by atoms with Crippen LogP contribution >= 0.6 is 23.1 Å². The summed E-state index contributed by atoms with van der Waals surface area (Å²) in [6, 6.07) is 11.9. The lowest BCUT2D eigenvalue weighted by Crippen LogP contribution is -2.58. The number of thiazole rings is 1. The molecule has 4 heterocycles. The first-order chi connectivity index (χ1) is 20.8. The van der Waals surface area contributed by atoms with Crippen molar-refractivity contribution >= 4 is 39.2 Å². The second kappa shape index (κ2) is 13.1. The molecule has 2 fully saturated rings. The number of allylic oxidation sites excluding steroid dienone is 2. The molecule has 3 aliphatic rings. The minimum absolute atomic E-state index is 0.00785. The summed E-state index contributed by atoms with van der Waals surface area (Å²) in [4.78, 5) is 33.1. The number of fused-ring (bicyclic) bond motifs is 1. The fourth-order valence-corrected chi connectivity index (χ4v) is 8.43. The van der Waals surface area contributed by atoms with Gasteiger partial charge in [0.05, 0.1) is 28.3 Å². The van der Waals surface area contributed by atoms with Crippen LogP contribution in [0.2, 0.25) is 0 Å². The third-order valence-electron chi connectivity index (χ3n) is 8.82. The van der Waals surface area contributed by atoms with Crippen LogP contribution in [0.15, 0.2) is 52.2 Å². The average Bonchev–Trinajstić information content (AvgIpc) is 3.62. The molecule has 1 aromatic heterocycles. The SMILES string of the molecule is CC1=CCC(C(=O)N2CCOC3(CCN(Cc4cccc(CCNC[C@H](O)c5ccc(O)c6[nH]c(=O)sc56)c4)CC3)C2)S1. The van der Waals surface area contributed by atoms with Crippen molar-refractivity contribution in [3.05, 3.63) is 73.7 Å². The lowest BCUT2D eigenvalue weighted by Gasteiger charge is -2.47. The number of nitrogens with one attached hydrogen (secondary N) is 2. The van der Waals surface area contributed by atoms with Crippen molar-refractivity contribution in [2.75, 3.05) is 45.9 Å². The number of phenols is 1. The molecule has 1 spiro atoms. The molecule has 0 saturated carbocycles. The molecular formula is C32H40N4O5S2. The highest BCUT2D eigenvalue weighted by molar-refractivity contribution is 8.04. The maximum absolute atomic E-state index is 13.1. The number of H-pyrrole nitrogens is 1. The number of morpholine rings is 1. The van der Waals surface area contributed by atoms with Crippen LogP contribution in [0, 0.1) is 0 Å². The van der Waals surface area contributed by atoms with Gasteiger partial charge in [0, 0.05) is 44.8 Å². The zero-order valence-electron chi connectivity index (χ0n) is 24.5. The number of likely N-dealkylation sites (tertiary alicyclic amines) is 1. The fraction of sp³-hybridized carbons (Fsp3) is 0.500. The number of rotatable bonds is 9. The Morgan fingerprint density at radius 1 is 1.21 bits per heavy atom. The average molecular weight is 625 g/mol. The predicted octanol–water partition coefficient (Wildman–Crippen LogP) is 3.76. The van der Waals surface area contributed by atoms with Gasteiger partial charge < -0.3 is 30.2 Å². The van der Waals surface area contributed by atoms with Gasteiger partial charge in [-0.05, 0) is 61.3 Å². The van der Waals surface area contributed by atoms with Gasteiger partial charge in [0.2, 0.25) is 5.91 Å². The van der Waals surface area contributed by atoms with Gasteiger partial charge in [0.15, 0.2) is 0 Å². The number of aliphatic hydroxyl groups excluding tert-OH is 1. The molecule has 43 heavy (non-hydrogen) atoms. The van der Waals surface area contributed by atoms with Crippen LogP contribution in [0.25, 0.3) is 10.2 Å². The number of nitrogens with zero attached hydrogens (tertiary/aromatic N) is 2. The Balaban J connectivity index is 0.958. The summed E-state index contributed by atoms with van der Waals surface area (Å²) in [6.07, 6.45) is 4.92. The minimum atomic E-state index is -0.788. The Labute approximate surface area is 259 Å². The molecule has 1 unspecified atom stereocenters. The molecular weight excluding hydrogens is 585 g/mol. The number of ether oxygens (including phenoxy) is 1. The van der Waals surface area contributed by atoms with E-state index in [1.54, 1.807) is 17.8 Å². The van der Waals surface area contributed by atoms with Gasteiger partial charge in [-0.1, -0.05) is 47.7 Å². The van der Waals surface area contributed by atoms with E-state index >= 15 is 0 Å². The Morgan fingerprint density at radius 2 is 2.02 bits per heavy atom. The zero-order chi connectivity index (χ0) is 30.0. The summed E-state index contributed by atoms with van der Waals surface area (Å²) >= 11 is 2.70. The van der Waals surface area contributed by atoms with Crippen LogP contribution in [0.3, 0.4) is 0 Å². The van der Waals surface area contributed by atoms with Gasteiger partial charge in [0.1, 0.15) is 11.3 Å². The standard InChI is InChI=1S/C32H40N4O5S2/c1-21-5-8-27(42-21)30(39)36-15-16-41-32(20-36)10-13-35(14-11-32)19-23-4-2-3-22(17-23)9-12-33-18-26(38)24-6-7-25(37)28-29(24)43-31(40)34-28/h2-7,17,26-27,33,37-38H,8-16,18-20H2,1H3,(H,34,40)/t26-,27?/m0/s1. The number of benzene rings is 2. The number of hydrogen-bond acceptors (Lipinski definition) is 9. The van der Waals surface area contributed by atoms with Crippen molar-refractivity contribution in [3.63, 3.8) is 0 Å². The number of aromatic amines is 1. The maximum atomic E-state index is 13.1. The largest absolute Gasteiger partial charge is 0.506 e. The number of hydrogen-bond donors (Lipinski definition) is 4. The number of aromatic hydroxyl groups is 1. The van der Waals surface area contributed by atoms with E-state index in [9.17, 15) is 19.8 Å². The number of carbonyl (C=O) groups is 1. The topological polar surface area (TPSA) is 118 Å². The summed E-state index contributed by atoms with van der Waals surface area (Å²) in [6.45, 7) is 7.94. The molecule has 2 atom stereocenters. The Kier molecular flexibility index (Phi) is 9.27. The lowest BCUT2D eigenvalue weighted by molar-refractivity contribution is -0.159. The third-order valence-corrected chi connectivity index (χ3v) is 11.0. The first kappa shape index (κ1) is 30.4. The quantitative estimate of drug-likeness (QED) is 0.266. The zero-order valence-corrected chi connectivity index (χ0v) is 26.1. The van der Waals surface area contributed by atoms with Gasteiger partial charge in [0.25, 0.3) is 0 Å². The molecule has 6 rings (SSSR count). The first-order valence-corrected chi connectivity index (χ1v) is 16.8. The van der Waals surface area contributed by atoms with E-state index < -0.39 is 6.10 Å². The molecule has 0 aliphatic carbocycles. The molecule has 2 aromatic carbocycles. The maximum Gasteiger partial charge on any atom is 0.305 e. The van der Waals surface area contributed by atoms with Crippen LogP contribution in [-0.2, 0) is 22.5 Å². The van der Waals surface area contributed by atoms with E-state index in [4.69, 9.17) is 4.74 Å². The Bertz CT molecular complexity index is 1540. The minimum Gasteiger partial charge on any atom is -0.506 e. The summed E-state index contributed by atoms with van der Waals surface area (Å²) in [5.41, 5.74) is 3.31. The molecule has 3 aliphatic heterocycles. The van der Waals surface area contributed by atoms with Gasteiger partial charge in [-0.15, -0.1) is 11.8 Å². The summed E-state index contributed by atoms with van der Waals surface area (Å²) in [5, 5.41) is 24.1. The van der Waals surface area contributed by atoms with E-state index in [1.807, 2.05) is 4.90 Å². The molecule has 3 aromatic rings. The monoisotopic (exact) mass is 624 g/mol. The van der Waals surface area contributed by atoms with Crippen molar-refractivity contribution in [2.45, 2.75) is 56.1 Å². The molecule has 0 radical (unpaired) electrons. The number of phenolic OH excluding ortho intramolecular Hbond substituents is 1. The van der Waals surface area contributed by atoms with Crippen LogP contribution in [-0.4, -0.2) is 87.6 Å². The van der Waals surface area contributed by atoms with Crippen LogP contribution in [0.1, 0.15) is 49.0 Å². The van der Waals surface area contributed by atoms with Gasteiger partial charge in [-0.25, -0.2) is 0 Å². The number of aliphatic hydroxyl groups is 1. The van der Waals surface area contributed by atoms with E-state index in [0.29, 0.717) is 48.6 Å². The number of thioether (sulfide) groups is 1. The molecule has 230 valence electrons. The number of aromatic nitrogens is 1. The highest BCUT2D eigenvalue weighted by Gasteiger charge is 2.42. The normalized spacial score (nSPS) is 21.4. The summed E-state index contributed by atoms with van der Waals surface area (Å²) in [5.74, 6) is 0.272. The fourth-order valence-electron chi connectivity index (χ4n) is 6.43. The second-order valence-electron chi connectivity index (χ2n) is 11.9. The molecule has 1 amide bonds. The molecule has 4 N–H and O–H groups in total. The third kappa shape index (κ3) is 7.02. The molecule has 9 nitrogen and oxygen atoms in total. The smallest absolute Gasteiger partial charge is 0.305 e. The van der Waals surface area contributed by atoms with Crippen molar-refractivity contribution in [3.8, 4) is 5.75 Å². The van der Waals surface area contributed by atoms with Gasteiger partial charge >= 0.3 is 4.87 Å². The van der Waals surface area contributed by atoms with E-state index in [2.05, 4.69) is 52.5 Å². The predicted molar refractivity (Wildman–Crippen MR) is 172 cm³/mol. The number of piperidine rings is 1. The van der Waals surface area contributed by atoms with Crippen LogP contribution in [0.4, 0.5) is 0 Å². The highest BCUT2D eigenvalue weighted by atomic mass is 32.2. The highest BCUT2D eigenvalue weighted by Crippen LogP contribution is 2.36. The molecule has 0 bridgehead atoms. The summed E-state index contributed by atoms with van der Waals surface area (Å²) < 4.78 is 6.91. The Hall–Kier alpha value is -2.67. The van der Waals surface area contributed by atoms with Crippen LogP contribution in [0.5, 0.6) is 5.75 Å². The number of amides is 1. The van der Waals surface area contributed by atoms with Crippen molar-refractivity contribution in [1.82, 2.24) is 20.1 Å². The summed E-state index contributed by atoms with van der Waals surface area (Å²) in [7, 11) is 0. The Morgan fingerprint density at radius 3 is 2.81 bits per heavy atom. The van der Waals surface area contributed by atoms with Crippen molar-refractivity contribution < 1.29 is 19.7 Å². The van der Waals surface area contributed by atoms with Gasteiger partial charge in [-0.3, -0.25) is 14.5 Å². The van der Waals surface area contributed by atoms with Crippen molar-refractivity contribution in [1.29, 1.82) is 0 Å². The molecule has 2 saturated heterocycles. The van der Waals surface area contributed by atoms with Crippen molar-refractivity contribution in [2.24, 2.45) is 0 Å². The second-order valence-corrected chi connectivity index (χ2v) is 14.3. The van der Waals surface area contributed by atoms with Crippen LogP contribution < -0.4 is 10.2 Å². The van der Waals surface area contributed by atoms with E-state index in [1.165, 1.54) is 22.1 Å². The first-order valence-electron chi connectivity index (χ1n) is 15.1. The van der Waals surface area contributed by atoms with E-state index in [0.717, 1.165) is 56.7 Å².